The zero-order valence-electron chi connectivity index (χ0n) is 7.23. The molecule has 1 aliphatic carbocycles. The predicted molar refractivity (Wildman–Crippen MR) is 45.2 cm³/mol. The maximum atomic E-state index is 5.51. The molecule has 0 atom stereocenters. The number of hydrogen-bond acceptors (Lipinski definition) is 1. The van der Waals surface area contributed by atoms with Gasteiger partial charge in [0.25, 0.3) is 0 Å². The van der Waals surface area contributed by atoms with Gasteiger partial charge in [-0.05, 0) is 25.8 Å². The fourth-order valence-electron chi connectivity index (χ4n) is 2.32. The minimum absolute atomic E-state index is 0.461. The van der Waals surface area contributed by atoms with Gasteiger partial charge in [-0.15, -0.1) is 0 Å². The summed E-state index contributed by atoms with van der Waals surface area (Å²) in [6.07, 6.45) is 9.27. The average Bonchev–Trinajstić information content (AvgIpc) is 2.34. The summed E-state index contributed by atoms with van der Waals surface area (Å²) in [4.78, 5) is 0. The van der Waals surface area contributed by atoms with Crippen molar-refractivity contribution in [2.24, 2.45) is 5.41 Å². The molecule has 62 valence electrons. The second kappa shape index (κ2) is 2.54. The molecule has 0 aromatic heterocycles. The Morgan fingerprint density at radius 2 is 2.00 bits per heavy atom. The molecule has 0 unspecified atom stereocenters. The van der Waals surface area contributed by atoms with Gasteiger partial charge in [-0.3, -0.25) is 0 Å². The van der Waals surface area contributed by atoms with Crippen LogP contribution in [0.3, 0.4) is 0 Å². The van der Waals surface area contributed by atoms with E-state index in [1.54, 1.807) is 0 Å². The van der Waals surface area contributed by atoms with Gasteiger partial charge in [0.05, 0.1) is 12.4 Å². The molecule has 1 aliphatic heterocycles. The molecule has 1 fully saturated rings. The molecule has 11 heavy (non-hydrogen) atoms. The zero-order chi connectivity index (χ0) is 7.73. The van der Waals surface area contributed by atoms with Gasteiger partial charge >= 0.3 is 0 Å². The van der Waals surface area contributed by atoms with Crippen molar-refractivity contribution in [3.8, 4) is 0 Å². The van der Waals surface area contributed by atoms with Crippen molar-refractivity contribution in [3.05, 3.63) is 11.8 Å². The van der Waals surface area contributed by atoms with Gasteiger partial charge < -0.3 is 4.74 Å². The molecule has 1 heterocycles. The van der Waals surface area contributed by atoms with Crippen molar-refractivity contribution in [3.63, 3.8) is 0 Å². The highest BCUT2D eigenvalue weighted by Crippen LogP contribution is 2.42. The van der Waals surface area contributed by atoms with Gasteiger partial charge in [0.15, 0.2) is 0 Å². The van der Waals surface area contributed by atoms with Crippen LogP contribution in [0.4, 0.5) is 0 Å². The van der Waals surface area contributed by atoms with E-state index in [4.69, 9.17) is 4.74 Å². The summed E-state index contributed by atoms with van der Waals surface area (Å²) in [6, 6.07) is 0. The van der Waals surface area contributed by atoms with Gasteiger partial charge in [-0.25, -0.2) is 0 Å². The number of allylic oxidation sites excluding steroid dienone is 1. The molecule has 0 bridgehead atoms. The third kappa shape index (κ3) is 1.29. The molecule has 1 heteroatoms. The third-order valence-corrected chi connectivity index (χ3v) is 2.95. The van der Waals surface area contributed by atoms with Crippen molar-refractivity contribution in [1.29, 1.82) is 0 Å². The van der Waals surface area contributed by atoms with E-state index in [1.807, 2.05) is 0 Å². The van der Waals surface area contributed by atoms with E-state index in [9.17, 15) is 0 Å². The smallest absolute Gasteiger partial charge is 0.0969 e. The van der Waals surface area contributed by atoms with Gasteiger partial charge in [0, 0.05) is 5.41 Å². The highest BCUT2D eigenvalue weighted by atomic mass is 16.5. The Hall–Kier alpha value is -0.460. The molecule has 2 aliphatic rings. The van der Waals surface area contributed by atoms with Crippen LogP contribution in [0.2, 0.25) is 0 Å². The Morgan fingerprint density at radius 1 is 1.27 bits per heavy atom. The lowest BCUT2D eigenvalue weighted by Gasteiger charge is -2.29. The molecular weight excluding hydrogens is 136 g/mol. The van der Waals surface area contributed by atoms with Crippen molar-refractivity contribution in [2.75, 3.05) is 6.61 Å². The molecule has 2 rings (SSSR count). The van der Waals surface area contributed by atoms with E-state index in [2.05, 4.69) is 13.0 Å². The first kappa shape index (κ1) is 7.20. The average molecular weight is 152 g/mol. The Balaban J connectivity index is 2.09. The van der Waals surface area contributed by atoms with Crippen LogP contribution in [-0.2, 0) is 4.74 Å². The van der Waals surface area contributed by atoms with Gasteiger partial charge in [-0.1, -0.05) is 19.3 Å². The molecule has 0 aromatic carbocycles. The third-order valence-electron chi connectivity index (χ3n) is 2.95. The second-order valence-corrected chi connectivity index (χ2v) is 3.97. The number of ether oxygens (including phenoxy) is 1. The predicted octanol–water partition coefficient (Wildman–Crippen LogP) is 2.87. The molecule has 1 spiro atoms. The van der Waals surface area contributed by atoms with E-state index < -0.39 is 0 Å². The molecule has 0 aromatic rings. The van der Waals surface area contributed by atoms with Crippen molar-refractivity contribution < 1.29 is 4.74 Å². The van der Waals surface area contributed by atoms with E-state index in [1.165, 1.54) is 32.1 Å². The van der Waals surface area contributed by atoms with Crippen LogP contribution < -0.4 is 0 Å². The summed E-state index contributed by atoms with van der Waals surface area (Å²) >= 11 is 0. The highest BCUT2D eigenvalue weighted by molar-refractivity contribution is 5.09. The minimum Gasteiger partial charge on any atom is -0.498 e. The first-order chi connectivity index (χ1) is 5.31. The molecule has 0 radical (unpaired) electrons. The SMILES string of the molecule is CC1=CC2(CCCCC2)CO1. The summed E-state index contributed by atoms with van der Waals surface area (Å²) in [7, 11) is 0. The van der Waals surface area contributed by atoms with Crippen molar-refractivity contribution in [1.82, 2.24) is 0 Å². The van der Waals surface area contributed by atoms with Crippen LogP contribution in [0, 0.1) is 5.41 Å². The van der Waals surface area contributed by atoms with Gasteiger partial charge in [0.1, 0.15) is 0 Å². The molecule has 0 amide bonds. The maximum Gasteiger partial charge on any atom is 0.0969 e. The topological polar surface area (TPSA) is 9.23 Å². The van der Waals surface area contributed by atoms with Crippen molar-refractivity contribution >= 4 is 0 Å². The monoisotopic (exact) mass is 152 g/mol. The highest BCUT2D eigenvalue weighted by Gasteiger charge is 2.34. The van der Waals surface area contributed by atoms with Crippen molar-refractivity contribution in [2.45, 2.75) is 39.0 Å². The minimum atomic E-state index is 0.461. The van der Waals surface area contributed by atoms with Crippen LogP contribution in [0.15, 0.2) is 11.8 Å². The summed E-state index contributed by atoms with van der Waals surface area (Å²) in [5, 5.41) is 0. The van der Waals surface area contributed by atoms with E-state index in [0.29, 0.717) is 5.41 Å². The fraction of sp³-hybridized carbons (Fsp3) is 0.800. The zero-order valence-corrected chi connectivity index (χ0v) is 7.23. The molecule has 0 saturated heterocycles. The van der Waals surface area contributed by atoms with Crippen LogP contribution in [0.1, 0.15) is 39.0 Å². The second-order valence-electron chi connectivity index (χ2n) is 3.97. The van der Waals surface area contributed by atoms with Gasteiger partial charge in [0.2, 0.25) is 0 Å². The summed E-state index contributed by atoms with van der Waals surface area (Å²) in [5.41, 5.74) is 0.461. The summed E-state index contributed by atoms with van der Waals surface area (Å²) in [5.74, 6) is 1.15. The maximum absolute atomic E-state index is 5.51. The lowest BCUT2D eigenvalue weighted by molar-refractivity contribution is 0.134. The van der Waals surface area contributed by atoms with E-state index in [0.717, 1.165) is 12.4 Å². The largest absolute Gasteiger partial charge is 0.498 e. The summed E-state index contributed by atoms with van der Waals surface area (Å²) < 4.78 is 5.51. The van der Waals surface area contributed by atoms with Crippen LogP contribution >= 0.6 is 0 Å². The molecule has 0 N–H and O–H groups in total. The fourth-order valence-corrected chi connectivity index (χ4v) is 2.32. The van der Waals surface area contributed by atoms with Gasteiger partial charge in [-0.2, -0.15) is 0 Å². The molecular formula is C10H16O. The Kier molecular flexibility index (Phi) is 1.67. The number of hydrogen-bond donors (Lipinski definition) is 0. The lowest BCUT2D eigenvalue weighted by Crippen LogP contribution is -2.23. The number of rotatable bonds is 0. The van der Waals surface area contributed by atoms with E-state index in [-0.39, 0.29) is 0 Å². The first-order valence-corrected chi connectivity index (χ1v) is 4.63. The van der Waals surface area contributed by atoms with E-state index >= 15 is 0 Å². The standard InChI is InChI=1S/C10H16O/c1-9-7-10(8-11-9)5-3-2-4-6-10/h7H,2-6,8H2,1H3. The van der Waals surface area contributed by atoms with Crippen LogP contribution in [0.5, 0.6) is 0 Å². The normalized spacial score (nSPS) is 28.3. The first-order valence-electron chi connectivity index (χ1n) is 4.63. The molecule has 1 nitrogen and oxygen atoms in total. The Bertz CT molecular complexity index is 175. The Morgan fingerprint density at radius 3 is 2.55 bits per heavy atom. The summed E-state index contributed by atoms with van der Waals surface area (Å²) in [6.45, 7) is 3.03. The Labute approximate surface area is 68.4 Å². The molecule has 1 saturated carbocycles. The lowest BCUT2D eigenvalue weighted by atomic mass is 9.75. The quantitative estimate of drug-likeness (QED) is 0.518. The van der Waals surface area contributed by atoms with Crippen LogP contribution in [-0.4, -0.2) is 6.61 Å². The van der Waals surface area contributed by atoms with Crippen LogP contribution in [0.25, 0.3) is 0 Å².